The molecule has 34 heavy (non-hydrogen) atoms. The number of nitrogens with zero attached hydrogens (tertiary/aromatic N) is 2. The van der Waals surface area contributed by atoms with E-state index in [1.54, 1.807) is 12.1 Å². The van der Waals surface area contributed by atoms with Gasteiger partial charge in [0, 0.05) is 38.2 Å². The molecule has 0 aliphatic carbocycles. The second-order valence-corrected chi connectivity index (χ2v) is 9.13. The van der Waals surface area contributed by atoms with E-state index in [-0.39, 0.29) is 23.9 Å². The first-order chi connectivity index (χ1) is 16.6. The Bertz CT molecular complexity index is 1180. The highest BCUT2D eigenvalue weighted by Gasteiger charge is 2.40. The number of carbonyl (C=O) groups excluding carboxylic acids is 1. The highest BCUT2D eigenvalue weighted by atomic mass is 16.5. The van der Waals surface area contributed by atoms with Crippen LogP contribution >= 0.6 is 0 Å². The van der Waals surface area contributed by atoms with Crippen molar-refractivity contribution in [3.63, 3.8) is 0 Å². The largest absolute Gasteiger partial charge is 0.489 e. The zero-order chi connectivity index (χ0) is 23.5. The summed E-state index contributed by atoms with van der Waals surface area (Å²) < 4.78 is 6.29. The predicted molar refractivity (Wildman–Crippen MR) is 133 cm³/mol. The fourth-order valence-electron chi connectivity index (χ4n) is 5.02. The number of carbonyl (C=O) groups is 1. The van der Waals surface area contributed by atoms with E-state index in [1.165, 1.54) is 16.7 Å². The van der Waals surface area contributed by atoms with E-state index >= 15 is 0 Å². The third-order valence-electron chi connectivity index (χ3n) is 6.77. The molecule has 1 fully saturated rings. The molecule has 2 aliphatic rings. The van der Waals surface area contributed by atoms with Crippen molar-refractivity contribution in [2.45, 2.75) is 38.1 Å². The zero-order valence-electron chi connectivity index (χ0n) is 19.2. The topological polar surface area (TPSA) is 82.7 Å². The van der Waals surface area contributed by atoms with Gasteiger partial charge in [0.15, 0.2) is 0 Å². The lowest BCUT2D eigenvalue weighted by Crippen LogP contribution is -2.47. The number of nitrogen functional groups attached to an aromatic ring is 1. The number of benzene rings is 3. The summed E-state index contributed by atoms with van der Waals surface area (Å²) in [6.45, 7) is 2.78. The molecule has 6 nitrogen and oxygen atoms in total. The van der Waals surface area contributed by atoms with E-state index in [2.05, 4.69) is 35.2 Å². The Morgan fingerprint density at radius 1 is 1.00 bits per heavy atom. The molecule has 1 amide bonds. The quantitative estimate of drug-likeness (QED) is 0.441. The molecular formula is C28H30N4O2. The van der Waals surface area contributed by atoms with E-state index in [9.17, 15) is 4.79 Å². The standard InChI is InChI=1S/C28H30N4O2/c29-27(30)22-11-6-12-24(15-22)34-25-16-26(32(19-25)17-20-7-2-1-3-8-20)28(33)31-14-13-21-9-4-5-10-23(21)18-31/h1-12,15,25-26H,13-14,16-19H2,(H3,29,30)/t25-,26+/m1/s1. The lowest BCUT2D eigenvalue weighted by atomic mass is 9.99. The van der Waals surface area contributed by atoms with Crippen LogP contribution in [0.5, 0.6) is 5.75 Å². The van der Waals surface area contributed by atoms with Crippen LogP contribution in [0.15, 0.2) is 78.9 Å². The molecule has 0 saturated carbocycles. The van der Waals surface area contributed by atoms with E-state index in [1.807, 2.05) is 41.3 Å². The highest BCUT2D eigenvalue weighted by Crippen LogP contribution is 2.28. The van der Waals surface area contributed by atoms with Crippen LogP contribution in [0.25, 0.3) is 0 Å². The average molecular weight is 455 g/mol. The molecule has 6 heteroatoms. The number of likely N-dealkylation sites (tertiary alicyclic amines) is 1. The Labute approximate surface area is 200 Å². The van der Waals surface area contributed by atoms with Gasteiger partial charge >= 0.3 is 0 Å². The lowest BCUT2D eigenvalue weighted by Gasteiger charge is -2.33. The second kappa shape index (κ2) is 9.69. The average Bonchev–Trinajstić information content (AvgIpc) is 3.25. The number of hydrogen-bond acceptors (Lipinski definition) is 4. The molecule has 174 valence electrons. The SMILES string of the molecule is N=C(N)c1cccc(O[C@@H]2C[C@@H](C(=O)N3CCc4ccccc4C3)N(Cc3ccccc3)C2)c1. The molecule has 2 aliphatic heterocycles. The van der Waals surface area contributed by atoms with E-state index in [4.69, 9.17) is 15.9 Å². The summed E-state index contributed by atoms with van der Waals surface area (Å²) in [6.07, 6.45) is 1.41. The molecule has 3 aromatic carbocycles. The Hall–Kier alpha value is -3.64. The van der Waals surface area contributed by atoms with Gasteiger partial charge in [0.05, 0.1) is 6.04 Å². The molecule has 0 spiro atoms. The molecule has 0 aromatic heterocycles. The lowest BCUT2D eigenvalue weighted by molar-refractivity contribution is -0.137. The molecule has 0 radical (unpaired) electrons. The van der Waals surface area contributed by atoms with Gasteiger partial charge in [-0.25, -0.2) is 0 Å². The van der Waals surface area contributed by atoms with Crippen molar-refractivity contribution in [2.24, 2.45) is 5.73 Å². The first-order valence-electron chi connectivity index (χ1n) is 11.8. The van der Waals surface area contributed by atoms with Crippen LogP contribution in [-0.2, 0) is 24.3 Å². The van der Waals surface area contributed by atoms with Crippen LogP contribution in [0.1, 0.15) is 28.7 Å². The van der Waals surface area contributed by atoms with Gasteiger partial charge in [0.2, 0.25) is 5.91 Å². The number of nitrogens with two attached hydrogens (primary N) is 1. The number of nitrogens with one attached hydrogen (secondary N) is 1. The Kier molecular flexibility index (Phi) is 6.32. The van der Waals surface area contributed by atoms with Crippen molar-refractivity contribution in [3.8, 4) is 5.75 Å². The third-order valence-corrected chi connectivity index (χ3v) is 6.77. The summed E-state index contributed by atoms with van der Waals surface area (Å²) in [5, 5.41) is 7.69. The van der Waals surface area contributed by atoms with Crippen LogP contribution in [-0.4, -0.2) is 46.8 Å². The fraction of sp³-hybridized carbons (Fsp3) is 0.286. The molecule has 3 aromatic rings. The van der Waals surface area contributed by atoms with Gasteiger partial charge in [-0.3, -0.25) is 15.1 Å². The monoisotopic (exact) mass is 454 g/mol. The minimum absolute atomic E-state index is 0.0148. The molecule has 3 N–H and O–H groups in total. The first kappa shape index (κ1) is 22.2. The van der Waals surface area contributed by atoms with Crippen LogP contribution in [0.3, 0.4) is 0 Å². The summed E-state index contributed by atoms with van der Waals surface area (Å²) in [5.74, 6) is 0.868. The smallest absolute Gasteiger partial charge is 0.240 e. The molecule has 0 unspecified atom stereocenters. The van der Waals surface area contributed by atoms with Crippen molar-refractivity contribution in [3.05, 3.63) is 101 Å². The van der Waals surface area contributed by atoms with Crippen LogP contribution < -0.4 is 10.5 Å². The second-order valence-electron chi connectivity index (χ2n) is 9.13. The van der Waals surface area contributed by atoms with E-state index < -0.39 is 0 Å². The third kappa shape index (κ3) is 4.82. The van der Waals surface area contributed by atoms with E-state index in [0.29, 0.717) is 37.4 Å². The van der Waals surface area contributed by atoms with Crippen LogP contribution in [0, 0.1) is 5.41 Å². The molecule has 1 saturated heterocycles. The summed E-state index contributed by atoms with van der Waals surface area (Å²) in [7, 11) is 0. The normalized spacial score (nSPS) is 20.1. The first-order valence-corrected chi connectivity index (χ1v) is 11.8. The van der Waals surface area contributed by atoms with Gasteiger partial charge in [0.25, 0.3) is 0 Å². The zero-order valence-corrected chi connectivity index (χ0v) is 19.2. The maximum absolute atomic E-state index is 13.7. The Morgan fingerprint density at radius 2 is 1.76 bits per heavy atom. The minimum atomic E-state index is -0.230. The van der Waals surface area contributed by atoms with Gasteiger partial charge in [0.1, 0.15) is 17.7 Å². The number of amides is 1. The number of rotatable bonds is 6. The molecular weight excluding hydrogens is 424 g/mol. The highest BCUT2D eigenvalue weighted by molar-refractivity contribution is 5.95. The van der Waals surface area contributed by atoms with E-state index in [0.717, 1.165) is 13.0 Å². The van der Waals surface area contributed by atoms with Gasteiger partial charge in [-0.2, -0.15) is 0 Å². The number of fused-ring (bicyclic) bond motifs is 1. The van der Waals surface area contributed by atoms with Crippen LogP contribution in [0.4, 0.5) is 0 Å². The number of ether oxygens (including phenoxy) is 1. The van der Waals surface area contributed by atoms with Gasteiger partial charge < -0.3 is 15.4 Å². The summed E-state index contributed by atoms with van der Waals surface area (Å²) >= 11 is 0. The summed E-state index contributed by atoms with van der Waals surface area (Å²) in [5.41, 5.74) is 10.0. The van der Waals surface area contributed by atoms with Crippen molar-refractivity contribution in [2.75, 3.05) is 13.1 Å². The summed E-state index contributed by atoms with van der Waals surface area (Å²) in [4.78, 5) is 18.0. The maximum Gasteiger partial charge on any atom is 0.240 e. The molecule has 2 heterocycles. The summed E-state index contributed by atoms with van der Waals surface area (Å²) in [6, 6.07) is 25.8. The van der Waals surface area contributed by atoms with Crippen molar-refractivity contribution >= 4 is 11.7 Å². The molecule has 2 atom stereocenters. The van der Waals surface area contributed by atoms with Gasteiger partial charge in [-0.15, -0.1) is 0 Å². The Morgan fingerprint density at radius 3 is 2.56 bits per heavy atom. The van der Waals surface area contributed by atoms with Crippen molar-refractivity contribution < 1.29 is 9.53 Å². The predicted octanol–water partition coefficient (Wildman–Crippen LogP) is 3.58. The number of amidine groups is 1. The number of hydrogen-bond donors (Lipinski definition) is 2. The molecule has 0 bridgehead atoms. The maximum atomic E-state index is 13.7. The van der Waals surface area contributed by atoms with Gasteiger partial charge in [-0.1, -0.05) is 66.7 Å². The molecule has 5 rings (SSSR count). The van der Waals surface area contributed by atoms with Crippen molar-refractivity contribution in [1.82, 2.24) is 9.80 Å². The Balaban J connectivity index is 1.34. The van der Waals surface area contributed by atoms with Crippen LogP contribution in [0.2, 0.25) is 0 Å². The fourth-order valence-corrected chi connectivity index (χ4v) is 5.02. The van der Waals surface area contributed by atoms with Crippen molar-refractivity contribution in [1.29, 1.82) is 5.41 Å². The minimum Gasteiger partial charge on any atom is -0.489 e. The van der Waals surface area contributed by atoms with Gasteiger partial charge in [-0.05, 0) is 35.2 Å².